The van der Waals surface area contributed by atoms with Crippen molar-refractivity contribution in [3.63, 3.8) is 0 Å². The van der Waals surface area contributed by atoms with Crippen LogP contribution < -0.4 is 10.2 Å². The molecule has 0 unspecified atom stereocenters. The van der Waals surface area contributed by atoms with E-state index in [9.17, 15) is 14.7 Å². The van der Waals surface area contributed by atoms with Gasteiger partial charge in [-0.15, -0.1) is 0 Å². The number of carboxylic acids is 1. The number of anilines is 1. The fourth-order valence-corrected chi connectivity index (χ4v) is 4.30. The van der Waals surface area contributed by atoms with E-state index in [-0.39, 0.29) is 23.3 Å². The molecule has 27 heavy (non-hydrogen) atoms. The minimum atomic E-state index is -0.965. The van der Waals surface area contributed by atoms with Gasteiger partial charge in [-0.25, -0.2) is 14.8 Å². The molecule has 0 atom stereocenters. The number of carboxylic acid groups (broad SMARTS) is 1. The third-order valence-corrected chi connectivity index (χ3v) is 5.90. The van der Waals surface area contributed by atoms with E-state index in [1.54, 1.807) is 18.2 Å². The number of hydrogen-bond acceptors (Lipinski definition) is 6. The summed E-state index contributed by atoms with van der Waals surface area (Å²) in [5.74, 6) is -1.05. The lowest BCUT2D eigenvalue weighted by molar-refractivity contribution is 0.0699. The van der Waals surface area contributed by atoms with Gasteiger partial charge in [0.15, 0.2) is 16.1 Å². The molecular weight excluding hydrogens is 390 g/mol. The molecule has 1 aliphatic heterocycles. The molecule has 1 saturated heterocycles. The smallest absolute Gasteiger partial charge is 0.337 e. The molecule has 1 fully saturated rings. The summed E-state index contributed by atoms with van der Waals surface area (Å²) < 4.78 is 0.657. The number of amides is 1. The molecule has 0 spiro atoms. The molecule has 8 nitrogen and oxygen atoms in total. The first-order valence-electron chi connectivity index (χ1n) is 8.39. The van der Waals surface area contributed by atoms with Crippen molar-refractivity contribution in [2.45, 2.75) is 19.4 Å². The Labute approximate surface area is 163 Å². The molecule has 3 N–H and O–H groups in total. The number of hydrogen-bond donors (Lipinski definition) is 3. The molecule has 1 aromatic carbocycles. The zero-order valence-electron chi connectivity index (χ0n) is 14.3. The highest BCUT2D eigenvalue weighted by Crippen LogP contribution is 2.33. The van der Waals surface area contributed by atoms with Crippen molar-refractivity contribution in [2.75, 3.05) is 18.0 Å². The average molecular weight is 406 g/mol. The van der Waals surface area contributed by atoms with Crippen LogP contribution in [0.15, 0.2) is 18.2 Å². The van der Waals surface area contributed by atoms with Crippen LogP contribution in [0.25, 0.3) is 10.2 Å². The van der Waals surface area contributed by atoms with Crippen molar-refractivity contribution >= 4 is 50.2 Å². The minimum Gasteiger partial charge on any atom is -0.478 e. The Bertz CT molecular complexity index is 1040. The number of nitrogens with one attached hydrogen (secondary N) is 2. The van der Waals surface area contributed by atoms with E-state index < -0.39 is 5.97 Å². The molecule has 3 heterocycles. The number of aromatic carboxylic acids is 1. The predicted octanol–water partition coefficient (Wildman–Crippen LogP) is 2.55. The second kappa shape index (κ2) is 6.82. The van der Waals surface area contributed by atoms with E-state index in [0.29, 0.717) is 34.9 Å². The third-order valence-electron chi connectivity index (χ3n) is 4.42. The van der Waals surface area contributed by atoms with Gasteiger partial charge in [-0.05, 0) is 18.6 Å². The molecular formula is C17H16ClN5O3S. The quantitative estimate of drug-likeness (QED) is 0.601. The number of fused-ring (bicyclic) bond motifs is 1. The third kappa shape index (κ3) is 3.24. The van der Waals surface area contributed by atoms with E-state index in [1.165, 1.54) is 11.3 Å². The lowest BCUT2D eigenvalue weighted by Gasteiger charge is -2.39. The van der Waals surface area contributed by atoms with Gasteiger partial charge in [-0.2, -0.15) is 0 Å². The van der Waals surface area contributed by atoms with Crippen molar-refractivity contribution < 1.29 is 14.7 Å². The largest absolute Gasteiger partial charge is 0.478 e. The van der Waals surface area contributed by atoms with Gasteiger partial charge in [0.05, 0.1) is 27.5 Å². The maximum absolute atomic E-state index is 12.3. The van der Waals surface area contributed by atoms with E-state index in [0.717, 1.165) is 10.8 Å². The Morgan fingerprint density at radius 1 is 1.41 bits per heavy atom. The number of aromatic nitrogens is 3. The summed E-state index contributed by atoms with van der Waals surface area (Å²) in [5.41, 5.74) is 1.66. The Morgan fingerprint density at radius 2 is 2.19 bits per heavy atom. The minimum absolute atomic E-state index is 0.0302. The number of nitrogens with zero attached hydrogens (tertiary/aromatic N) is 3. The van der Waals surface area contributed by atoms with Gasteiger partial charge in [0.1, 0.15) is 0 Å². The van der Waals surface area contributed by atoms with Crippen LogP contribution in [0.2, 0.25) is 5.15 Å². The van der Waals surface area contributed by atoms with Crippen molar-refractivity contribution in [1.29, 1.82) is 0 Å². The number of H-pyrrole nitrogens is 1. The molecule has 140 valence electrons. The molecule has 2 aromatic heterocycles. The summed E-state index contributed by atoms with van der Waals surface area (Å²) in [7, 11) is 0. The molecule has 0 saturated carbocycles. The molecule has 10 heteroatoms. The van der Waals surface area contributed by atoms with Gasteiger partial charge in [0.25, 0.3) is 5.91 Å². The fraction of sp³-hybridized carbons (Fsp3) is 0.294. The lowest BCUT2D eigenvalue weighted by Crippen LogP contribution is -2.59. The second-order valence-electron chi connectivity index (χ2n) is 6.24. The van der Waals surface area contributed by atoms with Gasteiger partial charge >= 0.3 is 5.97 Å². The monoisotopic (exact) mass is 405 g/mol. The first-order chi connectivity index (χ1) is 13.0. The highest BCUT2D eigenvalue weighted by molar-refractivity contribution is 7.22. The van der Waals surface area contributed by atoms with Crippen LogP contribution in [0.1, 0.15) is 33.6 Å². The SMILES string of the molecule is CCc1[nH]c(C(=O)NC2CN(c3nc4cccc(C(=O)O)c4s3)C2)nc1Cl. The molecule has 4 rings (SSSR count). The summed E-state index contributed by atoms with van der Waals surface area (Å²) in [6.07, 6.45) is 0.673. The zero-order chi connectivity index (χ0) is 19.1. The van der Waals surface area contributed by atoms with E-state index >= 15 is 0 Å². The number of carbonyl (C=O) groups excluding carboxylic acids is 1. The molecule has 0 radical (unpaired) electrons. The van der Waals surface area contributed by atoms with Crippen LogP contribution in [-0.4, -0.2) is 51.1 Å². The average Bonchev–Trinajstić information content (AvgIpc) is 3.19. The maximum atomic E-state index is 12.3. The summed E-state index contributed by atoms with van der Waals surface area (Å²) >= 11 is 7.32. The van der Waals surface area contributed by atoms with Crippen LogP contribution >= 0.6 is 22.9 Å². The van der Waals surface area contributed by atoms with Gasteiger partial charge in [-0.1, -0.05) is 35.9 Å². The summed E-state index contributed by atoms with van der Waals surface area (Å²) in [6, 6.07) is 5.03. The fourth-order valence-electron chi connectivity index (χ4n) is 2.95. The number of halogens is 1. The van der Waals surface area contributed by atoms with E-state index in [2.05, 4.69) is 20.3 Å². The number of benzene rings is 1. The van der Waals surface area contributed by atoms with E-state index in [4.69, 9.17) is 11.6 Å². The van der Waals surface area contributed by atoms with Crippen molar-refractivity contribution in [3.8, 4) is 0 Å². The van der Waals surface area contributed by atoms with Crippen LogP contribution in [0.3, 0.4) is 0 Å². The molecule has 3 aromatic rings. The molecule has 0 aliphatic carbocycles. The first kappa shape index (κ1) is 17.7. The predicted molar refractivity (Wildman–Crippen MR) is 103 cm³/mol. The van der Waals surface area contributed by atoms with Crippen LogP contribution in [-0.2, 0) is 6.42 Å². The Kier molecular flexibility index (Phi) is 4.48. The lowest BCUT2D eigenvalue weighted by atomic mass is 10.1. The standard InChI is InChI=1S/C17H16ClN5O3S/c1-2-10-13(18)22-14(20-10)15(24)19-8-6-23(7-8)17-21-11-5-3-4-9(16(25)26)12(11)27-17/h3-5,8H,2,6-7H2,1H3,(H,19,24)(H,20,22)(H,25,26). The number of carbonyl (C=O) groups is 2. The highest BCUT2D eigenvalue weighted by atomic mass is 35.5. The maximum Gasteiger partial charge on any atom is 0.337 e. The number of aromatic amines is 1. The summed E-state index contributed by atoms with van der Waals surface area (Å²) in [4.78, 5) is 37.1. The number of imidazole rings is 1. The molecule has 1 amide bonds. The number of thiazole rings is 1. The van der Waals surface area contributed by atoms with Crippen molar-refractivity contribution in [1.82, 2.24) is 20.3 Å². The second-order valence-corrected chi connectivity index (χ2v) is 7.57. The van der Waals surface area contributed by atoms with E-state index in [1.807, 2.05) is 11.8 Å². The van der Waals surface area contributed by atoms with Gasteiger partial charge in [0.2, 0.25) is 0 Å². The number of rotatable bonds is 5. The van der Waals surface area contributed by atoms with Gasteiger partial charge in [0, 0.05) is 13.1 Å². The summed E-state index contributed by atoms with van der Waals surface area (Å²) in [6.45, 7) is 3.13. The normalized spacial score (nSPS) is 14.4. The van der Waals surface area contributed by atoms with Crippen LogP contribution in [0.5, 0.6) is 0 Å². The van der Waals surface area contributed by atoms with Gasteiger partial charge in [-0.3, -0.25) is 4.79 Å². The molecule has 0 bridgehead atoms. The Hall–Kier alpha value is -2.65. The van der Waals surface area contributed by atoms with Crippen molar-refractivity contribution in [3.05, 3.63) is 40.4 Å². The van der Waals surface area contributed by atoms with Crippen LogP contribution in [0.4, 0.5) is 5.13 Å². The Balaban J connectivity index is 1.42. The zero-order valence-corrected chi connectivity index (χ0v) is 15.9. The summed E-state index contributed by atoms with van der Waals surface area (Å²) in [5, 5.41) is 13.3. The highest BCUT2D eigenvalue weighted by Gasteiger charge is 2.31. The molecule has 1 aliphatic rings. The van der Waals surface area contributed by atoms with Crippen molar-refractivity contribution in [2.24, 2.45) is 0 Å². The Morgan fingerprint density at radius 3 is 2.85 bits per heavy atom. The van der Waals surface area contributed by atoms with Crippen LogP contribution in [0, 0.1) is 0 Å². The topological polar surface area (TPSA) is 111 Å². The number of aryl methyl sites for hydroxylation is 1. The van der Waals surface area contributed by atoms with Gasteiger partial charge < -0.3 is 20.3 Å². The first-order valence-corrected chi connectivity index (χ1v) is 9.58.